The summed E-state index contributed by atoms with van der Waals surface area (Å²) < 4.78 is 11.8. The summed E-state index contributed by atoms with van der Waals surface area (Å²) in [6.45, 7) is 6.76. The van der Waals surface area contributed by atoms with E-state index < -0.39 is 6.04 Å². The number of halogens is 1. The number of hydrogen-bond donors (Lipinski definition) is 3. The van der Waals surface area contributed by atoms with Crippen molar-refractivity contribution in [2.45, 2.75) is 39.7 Å². The Morgan fingerprint density at radius 3 is 2.69 bits per heavy atom. The number of benzene rings is 2. The number of amides is 1. The number of nitrogens with zero attached hydrogens (tertiary/aromatic N) is 2. The molecule has 3 aromatic rings. The van der Waals surface area contributed by atoms with E-state index in [1.54, 1.807) is 24.0 Å². The van der Waals surface area contributed by atoms with Crippen molar-refractivity contribution in [3.63, 3.8) is 0 Å². The highest BCUT2D eigenvalue weighted by molar-refractivity contribution is 6.31. The number of phenolic OH excluding ortho intramolecular Hbond substituents is 1. The van der Waals surface area contributed by atoms with Crippen LogP contribution in [0.25, 0.3) is 11.3 Å². The van der Waals surface area contributed by atoms with E-state index >= 15 is 0 Å². The minimum atomic E-state index is -0.554. The van der Waals surface area contributed by atoms with Gasteiger partial charge in [-0.15, -0.1) is 0 Å². The Balaban J connectivity index is 1.84. The van der Waals surface area contributed by atoms with Gasteiger partial charge in [-0.1, -0.05) is 31.0 Å². The van der Waals surface area contributed by atoms with Gasteiger partial charge in [0.1, 0.15) is 17.1 Å². The van der Waals surface area contributed by atoms with E-state index in [2.05, 4.69) is 17.1 Å². The van der Waals surface area contributed by atoms with Crippen molar-refractivity contribution in [3.05, 3.63) is 57.7 Å². The minimum absolute atomic E-state index is 0.0164. The Morgan fingerprint density at radius 1 is 1.17 bits per heavy atom. The van der Waals surface area contributed by atoms with E-state index in [-0.39, 0.29) is 24.8 Å². The van der Waals surface area contributed by atoms with Crippen LogP contribution in [0.4, 0.5) is 0 Å². The highest BCUT2D eigenvalue weighted by Gasteiger charge is 2.42. The molecule has 0 fully saturated rings. The lowest BCUT2D eigenvalue weighted by Crippen LogP contribution is -2.32. The summed E-state index contributed by atoms with van der Waals surface area (Å²) in [4.78, 5) is 14.9. The number of aromatic amines is 1. The van der Waals surface area contributed by atoms with Crippen molar-refractivity contribution >= 4 is 17.5 Å². The first kappa shape index (κ1) is 24.9. The Labute approximate surface area is 209 Å². The lowest BCUT2D eigenvalue weighted by molar-refractivity contribution is 0.0706. The summed E-state index contributed by atoms with van der Waals surface area (Å²) >= 11 is 6.35. The number of phenols is 1. The van der Waals surface area contributed by atoms with E-state index in [1.807, 2.05) is 25.1 Å². The number of aromatic nitrogens is 2. The lowest BCUT2D eigenvalue weighted by Gasteiger charge is -2.26. The van der Waals surface area contributed by atoms with Crippen molar-refractivity contribution in [2.75, 3.05) is 26.4 Å². The molecule has 1 aromatic heterocycles. The molecule has 35 heavy (non-hydrogen) atoms. The number of fused-ring (bicyclic) bond motifs is 1. The number of aliphatic hydroxyl groups is 1. The van der Waals surface area contributed by atoms with Crippen LogP contribution in [0.3, 0.4) is 0 Å². The molecule has 0 saturated heterocycles. The monoisotopic (exact) mass is 499 g/mol. The summed E-state index contributed by atoms with van der Waals surface area (Å²) in [6, 6.07) is 8.26. The number of carbonyl (C=O) groups is 1. The number of hydrogen-bond acceptors (Lipinski definition) is 6. The van der Waals surface area contributed by atoms with Crippen LogP contribution in [0.15, 0.2) is 30.3 Å². The predicted molar refractivity (Wildman–Crippen MR) is 133 cm³/mol. The standard InChI is InChI=1S/C26H30ClN3O5/c1-4-6-11-35-20-8-7-16(13-21(20)34-5-2)25-22-23(17-14-18(27)15(3)12-19(17)32)28-29-24(22)26(33)30(25)9-10-31/h7-8,12-14,25,31-32H,4-6,9-11H2,1-3H3,(H,28,29). The lowest BCUT2D eigenvalue weighted by atomic mass is 9.95. The maximum absolute atomic E-state index is 13.3. The van der Waals surface area contributed by atoms with Gasteiger partial charge >= 0.3 is 0 Å². The summed E-state index contributed by atoms with van der Waals surface area (Å²) in [5, 5.41) is 28.1. The van der Waals surface area contributed by atoms with Gasteiger partial charge in [-0.05, 0) is 55.7 Å². The minimum Gasteiger partial charge on any atom is -0.507 e. The van der Waals surface area contributed by atoms with Crippen molar-refractivity contribution in [3.8, 4) is 28.5 Å². The summed E-state index contributed by atoms with van der Waals surface area (Å²) in [5.41, 5.74) is 3.29. The van der Waals surface area contributed by atoms with E-state index in [0.29, 0.717) is 52.3 Å². The molecule has 3 N–H and O–H groups in total. The van der Waals surface area contributed by atoms with Gasteiger partial charge in [0.15, 0.2) is 11.5 Å². The summed E-state index contributed by atoms with van der Waals surface area (Å²) in [7, 11) is 0. The number of rotatable bonds is 10. The molecule has 1 amide bonds. The van der Waals surface area contributed by atoms with Gasteiger partial charge < -0.3 is 24.6 Å². The molecule has 186 valence electrons. The van der Waals surface area contributed by atoms with Crippen molar-refractivity contribution in [1.29, 1.82) is 0 Å². The number of unbranched alkanes of at least 4 members (excludes halogenated alkanes) is 1. The first-order valence-electron chi connectivity index (χ1n) is 11.8. The molecule has 1 unspecified atom stereocenters. The van der Waals surface area contributed by atoms with Crippen LogP contribution < -0.4 is 9.47 Å². The quantitative estimate of drug-likeness (QED) is 0.344. The number of carbonyl (C=O) groups excluding carboxylic acids is 1. The molecule has 9 heteroatoms. The highest BCUT2D eigenvalue weighted by atomic mass is 35.5. The normalized spacial score (nSPS) is 14.9. The molecule has 1 aliphatic rings. The van der Waals surface area contributed by atoms with Crippen LogP contribution in [-0.4, -0.2) is 57.6 Å². The number of aliphatic hydroxyl groups excluding tert-OH is 1. The number of aryl methyl sites for hydroxylation is 1. The molecular formula is C26H30ClN3O5. The second-order valence-electron chi connectivity index (χ2n) is 8.45. The molecule has 8 nitrogen and oxygen atoms in total. The summed E-state index contributed by atoms with van der Waals surface area (Å²) in [5.74, 6) is 0.953. The zero-order valence-electron chi connectivity index (χ0n) is 20.1. The zero-order chi connectivity index (χ0) is 25.1. The van der Waals surface area contributed by atoms with Crippen LogP contribution in [0, 0.1) is 6.92 Å². The summed E-state index contributed by atoms with van der Waals surface area (Å²) in [6.07, 6.45) is 1.95. The smallest absolute Gasteiger partial charge is 0.273 e. The number of aromatic hydroxyl groups is 1. The van der Waals surface area contributed by atoms with Crippen molar-refractivity contribution in [1.82, 2.24) is 15.1 Å². The fourth-order valence-corrected chi connectivity index (χ4v) is 4.52. The van der Waals surface area contributed by atoms with Crippen LogP contribution in [0.1, 0.15) is 59.9 Å². The van der Waals surface area contributed by atoms with E-state index in [1.165, 1.54) is 0 Å². The second-order valence-corrected chi connectivity index (χ2v) is 8.85. The van der Waals surface area contributed by atoms with Crippen LogP contribution in [0.5, 0.6) is 17.2 Å². The second kappa shape index (κ2) is 10.6. The first-order chi connectivity index (χ1) is 16.9. The SMILES string of the molecule is CCCCOc1ccc(C2c3c(-c4cc(Cl)c(C)cc4O)n[nH]c3C(=O)N2CCO)cc1OCC. The molecule has 1 atom stereocenters. The Morgan fingerprint density at radius 2 is 1.97 bits per heavy atom. The van der Waals surface area contributed by atoms with Gasteiger partial charge in [-0.2, -0.15) is 5.10 Å². The van der Waals surface area contributed by atoms with Gasteiger partial charge in [-0.25, -0.2) is 0 Å². The van der Waals surface area contributed by atoms with E-state index in [0.717, 1.165) is 24.0 Å². The van der Waals surface area contributed by atoms with Crippen molar-refractivity contribution < 1.29 is 24.5 Å². The molecule has 0 bridgehead atoms. The molecule has 0 radical (unpaired) electrons. The molecule has 2 aromatic carbocycles. The third-order valence-corrected chi connectivity index (χ3v) is 6.48. The number of H-pyrrole nitrogens is 1. The molecule has 0 spiro atoms. The molecule has 4 rings (SSSR count). The average Bonchev–Trinajstić information content (AvgIpc) is 3.37. The third-order valence-electron chi connectivity index (χ3n) is 6.08. The molecule has 1 aliphatic heterocycles. The van der Waals surface area contributed by atoms with Gasteiger partial charge in [0.2, 0.25) is 0 Å². The third kappa shape index (κ3) is 4.68. The van der Waals surface area contributed by atoms with E-state index in [4.69, 9.17) is 21.1 Å². The van der Waals surface area contributed by atoms with Gasteiger partial charge in [0, 0.05) is 22.7 Å². The van der Waals surface area contributed by atoms with Gasteiger partial charge in [0.25, 0.3) is 5.91 Å². The molecular weight excluding hydrogens is 470 g/mol. The van der Waals surface area contributed by atoms with Crippen LogP contribution >= 0.6 is 11.6 Å². The molecule has 0 aliphatic carbocycles. The average molecular weight is 500 g/mol. The zero-order valence-corrected chi connectivity index (χ0v) is 20.9. The molecule has 0 saturated carbocycles. The number of nitrogens with one attached hydrogen (secondary N) is 1. The number of β-amino-alcohol motifs (C(OH)–C–C–N with tert-alkyl or cyclic N) is 1. The Bertz CT molecular complexity index is 1230. The first-order valence-corrected chi connectivity index (χ1v) is 12.2. The largest absolute Gasteiger partial charge is 0.507 e. The van der Waals surface area contributed by atoms with Crippen molar-refractivity contribution in [2.24, 2.45) is 0 Å². The number of ether oxygens (including phenoxy) is 2. The molecule has 2 heterocycles. The van der Waals surface area contributed by atoms with Crippen LogP contribution in [0.2, 0.25) is 5.02 Å². The Hall–Kier alpha value is -3.23. The Kier molecular flexibility index (Phi) is 7.52. The highest BCUT2D eigenvalue weighted by Crippen LogP contribution is 2.46. The van der Waals surface area contributed by atoms with Gasteiger partial charge in [-0.3, -0.25) is 9.89 Å². The van der Waals surface area contributed by atoms with Gasteiger partial charge in [0.05, 0.1) is 25.9 Å². The van der Waals surface area contributed by atoms with E-state index in [9.17, 15) is 15.0 Å². The topological polar surface area (TPSA) is 108 Å². The predicted octanol–water partition coefficient (Wildman–Crippen LogP) is 4.86. The fraction of sp³-hybridized carbons (Fsp3) is 0.385. The fourth-order valence-electron chi connectivity index (χ4n) is 4.35. The van der Waals surface area contributed by atoms with Crippen LogP contribution in [-0.2, 0) is 0 Å². The maximum atomic E-state index is 13.3. The maximum Gasteiger partial charge on any atom is 0.273 e.